The number of amides is 1. The third-order valence-corrected chi connectivity index (χ3v) is 5.48. The lowest BCUT2D eigenvalue weighted by Gasteiger charge is -2.35. The first-order chi connectivity index (χ1) is 13.9. The van der Waals surface area contributed by atoms with E-state index in [0.29, 0.717) is 31.1 Å². The normalized spacial score (nSPS) is 17.0. The van der Waals surface area contributed by atoms with Gasteiger partial charge in [0.25, 0.3) is 5.91 Å². The highest BCUT2D eigenvalue weighted by Gasteiger charge is 2.34. The summed E-state index contributed by atoms with van der Waals surface area (Å²) in [5, 5.41) is 8.90. The minimum absolute atomic E-state index is 0.139. The van der Waals surface area contributed by atoms with Crippen LogP contribution < -0.4 is 0 Å². The lowest BCUT2D eigenvalue weighted by atomic mass is 10.0. The average molecular weight is 397 g/mol. The van der Waals surface area contributed by atoms with E-state index in [2.05, 4.69) is 10.2 Å². The topological polar surface area (TPSA) is 65.2 Å². The molecule has 3 heterocycles. The Kier molecular flexibility index (Phi) is 4.96. The van der Waals surface area contributed by atoms with Crippen LogP contribution in [0.5, 0.6) is 0 Å². The fourth-order valence-electron chi connectivity index (χ4n) is 3.89. The predicted molar refractivity (Wildman–Crippen MR) is 106 cm³/mol. The highest BCUT2D eigenvalue weighted by molar-refractivity contribution is 5.92. The van der Waals surface area contributed by atoms with Crippen molar-refractivity contribution < 1.29 is 13.9 Å². The van der Waals surface area contributed by atoms with Crippen LogP contribution in [0.4, 0.5) is 4.39 Å². The van der Waals surface area contributed by atoms with Gasteiger partial charge in [0, 0.05) is 30.5 Å². The van der Waals surface area contributed by atoms with E-state index < -0.39 is 0 Å². The van der Waals surface area contributed by atoms with Gasteiger partial charge in [-0.05, 0) is 39.0 Å². The summed E-state index contributed by atoms with van der Waals surface area (Å²) in [6, 6.07) is 8.01. The van der Waals surface area contributed by atoms with Crippen molar-refractivity contribution in [2.75, 3.05) is 19.8 Å². The molecule has 2 aromatic heterocycles. The Balaban J connectivity index is 1.74. The highest BCUT2D eigenvalue weighted by Crippen LogP contribution is 2.32. The number of carbonyl (C=O) groups excluding carboxylic acids is 1. The Labute approximate surface area is 168 Å². The van der Waals surface area contributed by atoms with Crippen LogP contribution >= 0.6 is 0 Å². The lowest BCUT2D eigenvalue weighted by molar-refractivity contribution is -0.00338. The first-order valence-electron chi connectivity index (χ1n) is 9.59. The van der Waals surface area contributed by atoms with E-state index in [9.17, 15) is 9.18 Å². The van der Waals surface area contributed by atoms with Gasteiger partial charge >= 0.3 is 0 Å². The average Bonchev–Trinajstić information content (AvgIpc) is 3.20. The number of carbonyl (C=O) groups is 1. The predicted octanol–water partition coefficient (Wildman–Crippen LogP) is 2.88. The summed E-state index contributed by atoms with van der Waals surface area (Å²) in [6.45, 7) is 6.97. The van der Waals surface area contributed by atoms with Crippen LogP contribution in [0.15, 0.2) is 30.3 Å². The molecule has 29 heavy (non-hydrogen) atoms. The van der Waals surface area contributed by atoms with Crippen molar-refractivity contribution in [3.63, 3.8) is 0 Å². The molecule has 0 radical (unpaired) electrons. The largest absolute Gasteiger partial charge is 0.377 e. The molecule has 1 aliphatic rings. The molecular formula is C21H24FN5O2. The van der Waals surface area contributed by atoms with Crippen LogP contribution in [0.25, 0.3) is 5.69 Å². The van der Waals surface area contributed by atoms with Crippen LogP contribution in [0, 0.1) is 26.6 Å². The molecule has 0 aliphatic carbocycles. The van der Waals surface area contributed by atoms with Gasteiger partial charge in [0.1, 0.15) is 11.5 Å². The second kappa shape index (κ2) is 7.44. The zero-order valence-electron chi connectivity index (χ0n) is 17.0. The maximum Gasteiger partial charge on any atom is 0.275 e. The number of hydrogen-bond donors (Lipinski definition) is 0. The maximum atomic E-state index is 14.3. The molecule has 1 amide bonds. The van der Waals surface area contributed by atoms with Gasteiger partial charge < -0.3 is 9.64 Å². The Morgan fingerprint density at radius 3 is 2.66 bits per heavy atom. The monoisotopic (exact) mass is 397 g/mol. The SMILES string of the molecule is Cc1nn(-c2ccccc2F)c(C)c1[C@@H]1COCCN1C(=O)c1cc(C)n(C)n1. The first-order valence-corrected chi connectivity index (χ1v) is 9.59. The number of aryl methyl sites for hydroxylation is 3. The van der Waals surface area contributed by atoms with Gasteiger partial charge in [0.15, 0.2) is 5.69 Å². The molecule has 152 valence electrons. The molecule has 0 saturated carbocycles. The summed E-state index contributed by atoms with van der Waals surface area (Å²) in [7, 11) is 1.82. The molecule has 0 N–H and O–H groups in total. The number of aromatic nitrogens is 4. The fraction of sp³-hybridized carbons (Fsp3) is 0.381. The number of halogens is 1. The number of morpholine rings is 1. The van der Waals surface area contributed by atoms with E-state index in [4.69, 9.17) is 4.74 Å². The van der Waals surface area contributed by atoms with Crippen molar-refractivity contribution in [1.82, 2.24) is 24.5 Å². The molecule has 1 atom stereocenters. The summed E-state index contributed by atoms with van der Waals surface area (Å²) in [5.41, 5.74) is 4.13. The van der Waals surface area contributed by atoms with Crippen molar-refractivity contribution in [2.24, 2.45) is 7.05 Å². The van der Waals surface area contributed by atoms with Gasteiger partial charge in [0.2, 0.25) is 0 Å². The van der Waals surface area contributed by atoms with Gasteiger partial charge in [-0.1, -0.05) is 12.1 Å². The quantitative estimate of drug-likeness (QED) is 0.682. The molecule has 4 rings (SSSR count). The molecule has 1 aliphatic heterocycles. The number of benzene rings is 1. The van der Waals surface area contributed by atoms with Crippen LogP contribution in [0.3, 0.4) is 0 Å². The molecule has 8 heteroatoms. The number of para-hydroxylation sites is 1. The number of ether oxygens (including phenoxy) is 1. The molecule has 1 fully saturated rings. The Hall–Kier alpha value is -3.00. The zero-order chi connectivity index (χ0) is 20.7. The van der Waals surface area contributed by atoms with E-state index in [1.807, 2.05) is 27.8 Å². The van der Waals surface area contributed by atoms with Crippen LogP contribution in [-0.2, 0) is 11.8 Å². The maximum absolute atomic E-state index is 14.3. The number of rotatable bonds is 3. The molecule has 0 spiro atoms. The molecule has 7 nitrogen and oxygen atoms in total. The summed E-state index contributed by atoms with van der Waals surface area (Å²) in [4.78, 5) is 15.0. The van der Waals surface area contributed by atoms with Crippen LogP contribution in [0.2, 0.25) is 0 Å². The third kappa shape index (κ3) is 3.33. The van der Waals surface area contributed by atoms with Crippen LogP contribution in [0.1, 0.15) is 39.2 Å². The lowest BCUT2D eigenvalue weighted by Crippen LogP contribution is -2.44. The summed E-state index contributed by atoms with van der Waals surface area (Å²) in [6.07, 6.45) is 0. The van der Waals surface area contributed by atoms with E-state index >= 15 is 0 Å². The van der Waals surface area contributed by atoms with Crippen molar-refractivity contribution >= 4 is 5.91 Å². The van der Waals surface area contributed by atoms with Crippen molar-refractivity contribution in [1.29, 1.82) is 0 Å². The first kappa shape index (κ1) is 19.3. The molecule has 0 unspecified atom stereocenters. The zero-order valence-corrected chi connectivity index (χ0v) is 17.0. The second-order valence-corrected chi connectivity index (χ2v) is 7.33. The Bertz CT molecular complexity index is 1050. The van der Waals surface area contributed by atoms with Crippen molar-refractivity contribution in [3.8, 4) is 5.69 Å². The summed E-state index contributed by atoms with van der Waals surface area (Å²) in [5.74, 6) is -0.485. The van der Waals surface area contributed by atoms with Gasteiger partial charge in [0.05, 0.1) is 24.9 Å². The van der Waals surface area contributed by atoms with Crippen LogP contribution in [-0.4, -0.2) is 50.1 Å². The van der Waals surface area contributed by atoms with Crippen molar-refractivity contribution in [2.45, 2.75) is 26.8 Å². The summed E-state index contributed by atoms with van der Waals surface area (Å²) < 4.78 is 23.3. The molecule has 1 aromatic carbocycles. The minimum Gasteiger partial charge on any atom is -0.377 e. The van der Waals surface area contributed by atoms with Gasteiger partial charge in [-0.3, -0.25) is 9.48 Å². The fourth-order valence-corrected chi connectivity index (χ4v) is 3.89. The number of nitrogens with zero attached hydrogens (tertiary/aromatic N) is 5. The summed E-state index contributed by atoms with van der Waals surface area (Å²) >= 11 is 0. The minimum atomic E-state index is -0.346. The Morgan fingerprint density at radius 1 is 1.21 bits per heavy atom. The number of hydrogen-bond acceptors (Lipinski definition) is 4. The van der Waals surface area contributed by atoms with E-state index in [1.54, 1.807) is 38.5 Å². The smallest absolute Gasteiger partial charge is 0.275 e. The molecule has 3 aromatic rings. The molecule has 0 bridgehead atoms. The van der Waals surface area contributed by atoms with Gasteiger partial charge in [-0.25, -0.2) is 9.07 Å². The van der Waals surface area contributed by atoms with Gasteiger partial charge in [-0.2, -0.15) is 10.2 Å². The van der Waals surface area contributed by atoms with Gasteiger partial charge in [-0.15, -0.1) is 0 Å². The van der Waals surface area contributed by atoms with Crippen molar-refractivity contribution in [3.05, 3.63) is 64.5 Å². The molecule has 1 saturated heterocycles. The van der Waals surface area contributed by atoms with E-state index in [-0.39, 0.29) is 17.8 Å². The third-order valence-electron chi connectivity index (χ3n) is 5.48. The molecular weight excluding hydrogens is 373 g/mol. The van der Waals surface area contributed by atoms with E-state index in [0.717, 1.165) is 22.6 Å². The van der Waals surface area contributed by atoms with E-state index in [1.165, 1.54) is 6.07 Å². The Morgan fingerprint density at radius 2 is 1.97 bits per heavy atom. The second-order valence-electron chi connectivity index (χ2n) is 7.33. The highest BCUT2D eigenvalue weighted by atomic mass is 19.1. The standard InChI is InChI=1S/C21H24FN5O2/c1-13-11-17(24-25(13)4)21(28)26-9-10-29-12-19(26)20-14(2)23-27(15(20)3)18-8-6-5-7-16(18)22/h5-8,11,19H,9-10,12H2,1-4H3/t19-/m0/s1.